The molecule has 0 N–H and O–H groups in total. The predicted octanol–water partition coefficient (Wildman–Crippen LogP) is 3.10. The lowest BCUT2D eigenvalue weighted by Crippen LogP contribution is -2.48. The number of hydrogen-bond acceptors (Lipinski definition) is 4. The van der Waals surface area contributed by atoms with Crippen molar-refractivity contribution in [2.24, 2.45) is 0 Å². The van der Waals surface area contributed by atoms with E-state index in [0.717, 1.165) is 39.3 Å². The van der Waals surface area contributed by atoms with Gasteiger partial charge in [0.25, 0.3) is 5.91 Å². The summed E-state index contributed by atoms with van der Waals surface area (Å²) in [5, 5.41) is 0. The smallest absolute Gasteiger partial charge is 0.257 e. The first kappa shape index (κ1) is 21.1. The fourth-order valence-electron chi connectivity index (χ4n) is 3.31. The minimum Gasteiger partial charge on any atom is -0.491 e. The highest BCUT2D eigenvalue weighted by atomic mass is 16.5. The Labute approximate surface area is 174 Å². The molecule has 1 fully saturated rings. The van der Waals surface area contributed by atoms with Crippen molar-refractivity contribution in [1.82, 2.24) is 14.7 Å². The average molecular weight is 394 g/mol. The number of nitrogens with zero attached hydrogens (tertiary/aromatic N) is 3. The molecular formula is C24H31N3O2. The maximum absolute atomic E-state index is 13.0. The summed E-state index contributed by atoms with van der Waals surface area (Å²) >= 11 is 0. The van der Waals surface area contributed by atoms with E-state index in [9.17, 15) is 4.79 Å². The molecule has 0 radical (unpaired) electrons. The highest BCUT2D eigenvalue weighted by Crippen LogP contribution is 2.21. The van der Waals surface area contributed by atoms with Crippen LogP contribution in [0.3, 0.4) is 0 Å². The van der Waals surface area contributed by atoms with Crippen molar-refractivity contribution < 1.29 is 9.53 Å². The molecule has 1 saturated heterocycles. The maximum atomic E-state index is 13.0. The lowest BCUT2D eigenvalue weighted by molar-refractivity contribution is 0.0646. The van der Waals surface area contributed by atoms with Gasteiger partial charge >= 0.3 is 0 Å². The van der Waals surface area contributed by atoms with Gasteiger partial charge in [-0.2, -0.15) is 0 Å². The quantitative estimate of drug-likeness (QED) is 0.691. The fraction of sp³-hybridized carbons (Fsp3) is 0.375. The molecule has 2 aromatic rings. The zero-order valence-corrected chi connectivity index (χ0v) is 17.5. The molecule has 1 aliphatic rings. The second kappa shape index (κ2) is 10.8. The van der Waals surface area contributed by atoms with E-state index < -0.39 is 0 Å². The number of carbonyl (C=O) groups excluding carboxylic acids is 1. The van der Waals surface area contributed by atoms with Crippen LogP contribution in [0.2, 0.25) is 0 Å². The number of piperazine rings is 1. The predicted molar refractivity (Wildman–Crippen MR) is 118 cm³/mol. The second-order valence-electron chi connectivity index (χ2n) is 7.55. The molecular weight excluding hydrogens is 362 g/mol. The third-order valence-electron chi connectivity index (χ3n) is 5.05. The van der Waals surface area contributed by atoms with E-state index in [4.69, 9.17) is 4.74 Å². The molecule has 0 saturated carbocycles. The van der Waals surface area contributed by atoms with E-state index >= 15 is 0 Å². The van der Waals surface area contributed by atoms with Crippen molar-refractivity contribution in [2.75, 3.05) is 60.0 Å². The lowest BCUT2D eigenvalue weighted by Gasteiger charge is -2.34. The average Bonchev–Trinajstić information content (AvgIpc) is 2.75. The minimum absolute atomic E-state index is 0.0601. The summed E-state index contributed by atoms with van der Waals surface area (Å²) in [4.78, 5) is 19.4. The molecule has 1 heterocycles. The van der Waals surface area contributed by atoms with Gasteiger partial charge in [0.2, 0.25) is 0 Å². The van der Waals surface area contributed by atoms with Crippen molar-refractivity contribution in [2.45, 2.75) is 0 Å². The second-order valence-corrected chi connectivity index (χ2v) is 7.55. The van der Waals surface area contributed by atoms with Gasteiger partial charge in [-0.15, -0.1) is 0 Å². The zero-order chi connectivity index (χ0) is 20.5. The van der Waals surface area contributed by atoms with Crippen molar-refractivity contribution >= 4 is 12.0 Å². The number of hydrogen-bond donors (Lipinski definition) is 0. The third kappa shape index (κ3) is 6.44. The van der Waals surface area contributed by atoms with Crippen molar-refractivity contribution in [3.8, 4) is 5.75 Å². The first-order valence-corrected chi connectivity index (χ1v) is 10.2. The molecule has 0 aliphatic carbocycles. The summed E-state index contributed by atoms with van der Waals surface area (Å²) in [6.45, 7) is 5.54. The molecule has 29 heavy (non-hydrogen) atoms. The Bertz CT molecular complexity index is 797. The lowest BCUT2D eigenvalue weighted by atomic mass is 10.1. The van der Waals surface area contributed by atoms with Gasteiger partial charge in [0.1, 0.15) is 12.4 Å². The Balaban J connectivity index is 1.50. The van der Waals surface area contributed by atoms with Crippen molar-refractivity contribution in [1.29, 1.82) is 0 Å². The molecule has 2 aromatic carbocycles. The Kier molecular flexibility index (Phi) is 7.85. The molecule has 3 rings (SSSR count). The van der Waals surface area contributed by atoms with Gasteiger partial charge in [0, 0.05) is 39.3 Å². The van der Waals surface area contributed by atoms with Crippen LogP contribution in [0.25, 0.3) is 6.08 Å². The number of ether oxygens (including phenoxy) is 1. The first-order valence-electron chi connectivity index (χ1n) is 10.2. The summed E-state index contributed by atoms with van der Waals surface area (Å²) in [5.41, 5.74) is 1.87. The summed E-state index contributed by atoms with van der Waals surface area (Å²) in [5.74, 6) is 0.734. The molecule has 1 amide bonds. The summed E-state index contributed by atoms with van der Waals surface area (Å²) in [7, 11) is 4.02. The molecule has 0 atom stereocenters. The van der Waals surface area contributed by atoms with Crippen LogP contribution in [0.15, 0.2) is 60.7 Å². The molecule has 1 aliphatic heterocycles. The first-order chi connectivity index (χ1) is 14.1. The van der Waals surface area contributed by atoms with E-state index in [-0.39, 0.29) is 5.91 Å². The summed E-state index contributed by atoms with van der Waals surface area (Å²) in [6, 6.07) is 17.9. The fourth-order valence-corrected chi connectivity index (χ4v) is 3.31. The van der Waals surface area contributed by atoms with Crippen LogP contribution < -0.4 is 4.74 Å². The Morgan fingerprint density at radius 3 is 2.41 bits per heavy atom. The largest absolute Gasteiger partial charge is 0.491 e. The Morgan fingerprint density at radius 1 is 1.00 bits per heavy atom. The van der Waals surface area contributed by atoms with E-state index in [1.807, 2.05) is 61.5 Å². The number of benzene rings is 2. The van der Waals surface area contributed by atoms with Gasteiger partial charge in [0.15, 0.2) is 0 Å². The minimum atomic E-state index is 0.0601. The normalized spacial score (nSPS) is 15.2. The zero-order valence-electron chi connectivity index (χ0n) is 17.5. The maximum Gasteiger partial charge on any atom is 0.257 e. The number of para-hydroxylation sites is 1. The third-order valence-corrected chi connectivity index (χ3v) is 5.05. The van der Waals surface area contributed by atoms with Crippen LogP contribution in [0.1, 0.15) is 15.9 Å². The molecule has 5 nitrogen and oxygen atoms in total. The van der Waals surface area contributed by atoms with Gasteiger partial charge in [-0.05, 0) is 31.8 Å². The number of rotatable bonds is 8. The van der Waals surface area contributed by atoms with Crippen molar-refractivity contribution in [3.63, 3.8) is 0 Å². The Hall–Kier alpha value is -2.63. The van der Waals surface area contributed by atoms with Gasteiger partial charge < -0.3 is 14.5 Å². The van der Waals surface area contributed by atoms with E-state index in [2.05, 4.69) is 34.1 Å². The van der Waals surface area contributed by atoms with Crippen LogP contribution in [0.5, 0.6) is 5.75 Å². The topological polar surface area (TPSA) is 36.0 Å². The number of carbonyl (C=O) groups is 1. The van der Waals surface area contributed by atoms with E-state index in [1.165, 1.54) is 5.56 Å². The van der Waals surface area contributed by atoms with Crippen LogP contribution in [-0.4, -0.2) is 80.6 Å². The number of likely N-dealkylation sites (N-methyl/N-ethyl adjacent to an activating group) is 1. The molecule has 0 unspecified atom stereocenters. The summed E-state index contributed by atoms with van der Waals surface area (Å²) in [6.07, 6.45) is 4.35. The van der Waals surface area contributed by atoms with Gasteiger partial charge in [-0.1, -0.05) is 54.6 Å². The van der Waals surface area contributed by atoms with E-state index in [1.54, 1.807) is 0 Å². The highest BCUT2D eigenvalue weighted by Gasteiger charge is 2.23. The summed E-state index contributed by atoms with van der Waals surface area (Å²) < 4.78 is 5.87. The van der Waals surface area contributed by atoms with Crippen molar-refractivity contribution in [3.05, 3.63) is 71.8 Å². The molecule has 0 bridgehead atoms. The van der Waals surface area contributed by atoms with Crippen LogP contribution in [0, 0.1) is 0 Å². The van der Waals surface area contributed by atoms with E-state index in [0.29, 0.717) is 17.9 Å². The van der Waals surface area contributed by atoms with Crippen LogP contribution in [-0.2, 0) is 0 Å². The van der Waals surface area contributed by atoms with Crippen LogP contribution >= 0.6 is 0 Å². The molecule has 0 aromatic heterocycles. The van der Waals surface area contributed by atoms with Gasteiger partial charge in [-0.3, -0.25) is 9.69 Å². The standard InChI is InChI=1S/C24H31N3O2/c1-25(2)19-20-29-23-13-7-6-12-22(23)24(28)27-17-15-26(16-18-27)14-8-11-21-9-4-3-5-10-21/h3-13H,14-20H2,1-2H3. The van der Waals surface area contributed by atoms with Gasteiger partial charge in [-0.25, -0.2) is 0 Å². The SMILES string of the molecule is CN(C)CCOc1ccccc1C(=O)N1CCN(CC=Cc2ccccc2)CC1. The molecule has 0 spiro atoms. The molecule has 154 valence electrons. The molecule has 5 heteroatoms. The Morgan fingerprint density at radius 2 is 1.69 bits per heavy atom. The number of amides is 1. The monoisotopic (exact) mass is 393 g/mol. The highest BCUT2D eigenvalue weighted by molar-refractivity contribution is 5.97. The van der Waals surface area contributed by atoms with Crippen LogP contribution in [0.4, 0.5) is 0 Å². The van der Waals surface area contributed by atoms with Gasteiger partial charge in [0.05, 0.1) is 5.56 Å².